The number of hydrogen-bond donors (Lipinski definition) is 3. The lowest BCUT2D eigenvalue weighted by atomic mass is 10.0. The van der Waals surface area contributed by atoms with Gasteiger partial charge in [0.2, 0.25) is 11.6 Å². The van der Waals surface area contributed by atoms with Gasteiger partial charge in [-0.1, -0.05) is 0 Å². The van der Waals surface area contributed by atoms with E-state index >= 15 is 0 Å². The summed E-state index contributed by atoms with van der Waals surface area (Å²) in [5, 5.41) is 12.5. The highest BCUT2D eigenvalue weighted by Gasteiger charge is 2.19. The third-order valence-electron chi connectivity index (χ3n) is 3.14. The van der Waals surface area contributed by atoms with Crippen molar-refractivity contribution in [2.24, 2.45) is 5.73 Å². The number of allylic oxidation sites excluding steroid dienone is 2. The number of rotatable bonds is 2. The third kappa shape index (κ3) is 2.35. The van der Waals surface area contributed by atoms with Crippen molar-refractivity contribution in [2.75, 3.05) is 5.32 Å². The van der Waals surface area contributed by atoms with Crippen LogP contribution in [0.3, 0.4) is 0 Å². The van der Waals surface area contributed by atoms with E-state index in [1.807, 2.05) is 6.92 Å². The molecule has 4 N–H and O–H groups in total. The van der Waals surface area contributed by atoms with E-state index in [1.165, 1.54) is 12.1 Å². The van der Waals surface area contributed by atoms with Crippen LogP contribution in [0.5, 0.6) is 5.75 Å². The van der Waals surface area contributed by atoms with Crippen LogP contribution in [0, 0.1) is 13.8 Å². The second-order valence-electron chi connectivity index (χ2n) is 4.39. The molecular weight excluding hydrogens is 244 g/mol. The molecule has 5 heteroatoms. The molecule has 0 unspecified atom stereocenters. The van der Waals surface area contributed by atoms with Crippen LogP contribution in [0.15, 0.2) is 35.7 Å². The predicted molar refractivity (Wildman–Crippen MR) is 71.6 cm³/mol. The van der Waals surface area contributed by atoms with E-state index in [0.29, 0.717) is 5.69 Å². The first-order chi connectivity index (χ1) is 8.90. The molecule has 1 aliphatic rings. The Hall–Kier alpha value is -2.56. The summed E-state index contributed by atoms with van der Waals surface area (Å²) in [6, 6.07) is 3.18. The lowest BCUT2D eigenvalue weighted by Gasteiger charge is -2.15. The maximum Gasteiger partial charge on any atom is 0.204 e. The Morgan fingerprint density at radius 3 is 2.42 bits per heavy atom. The molecule has 19 heavy (non-hydrogen) atoms. The van der Waals surface area contributed by atoms with Crippen LogP contribution >= 0.6 is 0 Å². The maximum atomic E-state index is 11.7. The first-order valence-corrected chi connectivity index (χ1v) is 5.74. The first-order valence-electron chi connectivity index (χ1n) is 5.74. The second kappa shape index (κ2) is 4.61. The Kier molecular flexibility index (Phi) is 3.12. The van der Waals surface area contributed by atoms with Crippen molar-refractivity contribution in [2.45, 2.75) is 13.8 Å². The Morgan fingerprint density at radius 1 is 1.05 bits per heavy atom. The van der Waals surface area contributed by atoms with Crippen LogP contribution in [-0.2, 0) is 9.59 Å². The molecule has 0 saturated carbocycles. The van der Waals surface area contributed by atoms with Crippen molar-refractivity contribution in [1.82, 2.24) is 0 Å². The molecule has 0 amide bonds. The molecule has 0 radical (unpaired) electrons. The maximum absolute atomic E-state index is 11.7. The fourth-order valence-corrected chi connectivity index (χ4v) is 1.76. The normalized spacial score (nSPS) is 15.1. The molecular formula is C14H14N2O3. The number of carbonyl (C=O) groups excluding carboxylic acids is 2. The number of nitrogens with two attached hydrogens (primary N) is 1. The fraction of sp³-hybridized carbons (Fsp3) is 0.143. The number of benzene rings is 1. The molecule has 98 valence electrons. The molecule has 1 aromatic rings. The van der Waals surface area contributed by atoms with Crippen molar-refractivity contribution < 1.29 is 14.7 Å². The van der Waals surface area contributed by atoms with Crippen molar-refractivity contribution in [3.8, 4) is 5.75 Å². The average Bonchev–Trinajstić information content (AvgIpc) is 2.36. The lowest BCUT2D eigenvalue weighted by Crippen LogP contribution is -2.22. The summed E-state index contributed by atoms with van der Waals surface area (Å²) < 4.78 is 0. The van der Waals surface area contributed by atoms with Gasteiger partial charge >= 0.3 is 0 Å². The van der Waals surface area contributed by atoms with E-state index in [4.69, 9.17) is 5.73 Å². The molecule has 0 bridgehead atoms. The van der Waals surface area contributed by atoms with E-state index in [2.05, 4.69) is 5.32 Å². The zero-order valence-electron chi connectivity index (χ0n) is 10.7. The minimum absolute atomic E-state index is 0.0610. The topological polar surface area (TPSA) is 92.4 Å². The van der Waals surface area contributed by atoms with Gasteiger partial charge in [0, 0.05) is 17.8 Å². The molecule has 1 aromatic carbocycles. The van der Waals surface area contributed by atoms with Crippen LogP contribution in [0.1, 0.15) is 11.1 Å². The summed E-state index contributed by atoms with van der Waals surface area (Å²) in [6.45, 7) is 3.59. The quantitative estimate of drug-likeness (QED) is 0.549. The van der Waals surface area contributed by atoms with Gasteiger partial charge in [-0.15, -0.1) is 0 Å². The van der Waals surface area contributed by atoms with Gasteiger partial charge in [-0.3, -0.25) is 9.59 Å². The number of carbonyl (C=O) groups is 2. The zero-order valence-corrected chi connectivity index (χ0v) is 10.7. The van der Waals surface area contributed by atoms with Crippen molar-refractivity contribution >= 4 is 17.3 Å². The Balaban J connectivity index is 2.33. The van der Waals surface area contributed by atoms with Gasteiger partial charge in [0.1, 0.15) is 5.75 Å². The van der Waals surface area contributed by atoms with E-state index in [1.54, 1.807) is 13.0 Å². The minimum atomic E-state index is -0.393. The molecule has 0 atom stereocenters. The predicted octanol–water partition coefficient (Wildman–Crippen LogP) is 1.30. The molecule has 2 rings (SSSR count). The number of ketones is 2. The van der Waals surface area contributed by atoms with Gasteiger partial charge in [0.25, 0.3) is 0 Å². The summed E-state index contributed by atoms with van der Waals surface area (Å²) in [4.78, 5) is 23.2. The molecule has 0 aromatic heterocycles. The Bertz CT molecular complexity index is 642. The second-order valence-corrected chi connectivity index (χ2v) is 4.39. The number of nitrogens with one attached hydrogen (secondary N) is 1. The van der Waals surface area contributed by atoms with Crippen LogP contribution in [0.25, 0.3) is 0 Å². The SMILES string of the molecule is Cc1c(O)ccc(NC2=CC(=O)C(N)=CC2=O)c1C. The summed E-state index contributed by atoms with van der Waals surface area (Å²) >= 11 is 0. The van der Waals surface area contributed by atoms with Crippen molar-refractivity contribution in [3.05, 3.63) is 46.8 Å². The fourth-order valence-electron chi connectivity index (χ4n) is 1.76. The monoisotopic (exact) mass is 258 g/mol. The van der Waals surface area contributed by atoms with Gasteiger partial charge in [0.15, 0.2) is 0 Å². The van der Waals surface area contributed by atoms with Crippen LogP contribution < -0.4 is 11.1 Å². The highest BCUT2D eigenvalue weighted by atomic mass is 16.3. The smallest absolute Gasteiger partial charge is 0.204 e. The summed E-state index contributed by atoms with van der Waals surface area (Å²) in [6.07, 6.45) is 2.28. The summed E-state index contributed by atoms with van der Waals surface area (Å²) in [5.74, 6) is -0.551. The van der Waals surface area contributed by atoms with Gasteiger partial charge < -0.3 is 16.2 Å². The number of phenolic OH excluding ortho intramolecular Hbond substituents is 1. The number of phenols is 1. The molecule has 0 aliphatic heterocycles. The number of hydrogen-bond acceptors (Lipinski definition) is 5. The standard InChI is InChI=1S/C14H14N2O3/c1-7-8(2)12(17)4-3-10(7)16-11-6-13(18)9(15)5-14(11)19/h3-6,16-17H,15H2,1-2H3. The van der Waals surface area contributed by atoms with Gasteiger partial charge in [-0.2, -0.15) is 0 Å². The van der Waals surface area contributed by atoms with Crippen LogP contribution in [0.4, 0.5) is 5.69 Å². The van der Waals surface area contributed by atoms with Gasteiger partial charge in [-0.25, -0.2) is 0 Å². The molecule has 0 fully saturated rings. The average molecular weight is 258 g/mol. The molecule has 1 aliphatic carbocycles. The molecule has 5 nitrogen and oxygen atoms in total. The highest BCUT2D eigenvalue weighted by Crippen LogP contribution is 2.27. The van der Waals surface area contributed by atoms with Crippen LogP contribution in [-0.4, -0.2) is 16.7 Å². The molecule has 0 heterocycles. The van der Waals surface area contributed by atoms with Gasteiger partial charge in [0.05, 0.1) is 11.4 Å². The molecule has 0 saturated heterocycles. The first kappa shape index (κ1) is 12.9. The summed E-state index contributed by atoms with van der Waals surface area (Å²) in [5.41, 5.74) is 7.69. The third-order valence-corrected chi connectivity index (χ3v) is 3.14. The molecule has 0 spiro atoms. The highest BCUT2D eigenvalue weighted by molar-refractivity contribution is 6.20. The Labute approximate surface area is 110 Å². The largest absolute Gasteiger partial charge is 0.508 e. The Morgan fingerprint density at radius 2 is 1.74 bits per heavy atom. The van der Waals surface area contributed by atoms with Crippen molar-refractivity contribution in [1.29, 1.82) is 0 Å². The zero-order chi connectivity index (χ0) is 14.2. The summed E-state index contributed by atoms with van der Waals surface area (Å²) in [7, 11) is 0. The van der Waals surface area contributed by atoms with E-state index in [-0.39, 0.29) is 22.9 Å². The van der Waals surface area contributed by atoms with Gasteiger partial charge in [-0.05, 0) is 37.1 Å². The van der Waals surface area contributed by atoms with Crippen LogP contribution in [0.2, 0.25) is 0 Å². The lowest BCUT2D eigenvalue weighted by molar-refractivity contribution is -0.115. The van der Waals surface area contributed by atoms with E-state index in [9.17, 15) is 14.7 Å². The number of aromatic hydroxyl groups is 1. The van der Waals surface area contributed by atoms with E-state index in [0.717, 1.165) is 17.2 Å². The number of anilines is 1. The van der Waals surface area contributed by atoms with E-state index < -0.39 is 5.78 Å². The minimum Gasteiger partial charge on any atom is -0.508 e. The van der Waals surface area contributed by atoms with Crippen molar-refractivity contribution in [3.63, 3.8) is 0 Å².